The molecule has 3 heterocycles. The molecule has 0 unspecified atom stereocenters. The van der Waals surface area contributed by atoms with Crippen LogP contribution in [0.25, 0.3) is 11.4 Å². The predicted molar refractivity (Wildman–Crippen MR) is 92.4 cm³/mol. The van der Waals surface area contributed by atoms with Crippen LogP contribution in [-0.2, 0) is 4.79 Å². The Balaban J connectivity index is 1.88. The van der Waals surface area contributed by atoms with Crippen LogP contribution < -0.4 is 0 Å². The lowest BCUT2D eigenvalue weighted by Gasteiger charge is -2.36. The zero-order chi connectivity index (χ0) is 17.3. The van der Waals surface area contributed by atoms with Gasteiger partial charge < -0.3 is 4.90 Å². The van der Waals surface area contributed by atoms with Crippen LogP contribution >= 0.6 is 0 Å². The second-order valence-corrected chi connectivity index (χ2v) is 7.57. The average Bonchev–Trinajstić information content (AvgIpc) is 3.00. The van der Waals surface area contributed by atoms with Crippen LogP contribution in [0.1, 0.15) is 50.9 Å². The van der Waals surface area contributed by atoms with E-state index in [1.807, 2.05) is 38.7 Å². The first-order valence-corrected chi connectivity index (χ1v) is 8.49. The fourth-order valence-electron chi connectivity index (χ4n) is 3.24. The number of amides is 1. The highest BCUT2D eigenvalue weighted by molar-refractivity contribution is 5.81. The topological polar surface area (TPSA) is 74.8 Å². The van der Waals surface area contributed by atoms with Crippen LogP contribution in [0.4, 0.5) is 0 Å². The Morgan fingerprint density at radius 2 is 2.04 bits per heavy atom. The molecular formula is C18H25N5O. The summed E-state index contributed by atoms with van der Waals surface area (Å²) >= 11 is 0. The van der Waals surface area contributed by atoms with Gasteiger partial charge in [0.15, 0.2) is 0 Å². The molecule has 1 amide bonds. The standard InChI is InChI=1S/C18H25N5O/c1-12-10-14(22-21-12)16-15(19-7-8-20-16)13-6-5-9-23(11-13)17(24)18(2,3)4/h7-8,10,13H,5-6,9,11H2,1-4H3,(H,21,22)/t13-/m0/s1. The van der Waals surface area contributed by atoms with Crippen molar-refractivity contribution < 1.29 is 4.79 Å². The van der Waals surface area contributed by atoms with Gasteiger partial charge in [-0.1, -0.05) is 20.8 Å². The SMILES string of the molecule is Cc1cc(-c2nccnc2[C@H]2CCCN(C(=O)C(C)(C)C)C2)n[nH]1. The largest absolute Gasteiger partial charge is 0.342 e. The van der Waals surface area contributed by atoms with Gasteiger partial charge in [0.2, 0.25) is 5.91 Å². The van der Waals surface area contributed by atoms with E-state index in [4.69, 9.17) is 0 Å². The third kappa shape index (κ3) is 3.32. The van der Waals surface area contributed by atoms with E-state index in [-0.39, 0.29) is 17.2 Å². The first-order valence-electron chi connectivity index (χ1n) is 8.49. The maximum absolute atomic E-state index is 12.6. The van der Waals surface area contributed by atoms with Gasteiger partial charge in [0.25, 0.3) is 0 Å². The van der Waals surface area contributed by atoms with Crippen LogP contribution in [0.3, 0.4) is 0 Å². The lowest BCUT2D eigenvalue weighted by Crippen LogP contribution is -2.44. The molecule has 0 saturated carbocycles. The number of hydrogen-bond donors (Lipinski definition) is 1. The van der Waals surface area contributed by atoms with Crippen molar-refractivity contribution in [1.82, 2.24) is 25.1 Å². The Morgan fingerprint density at radius 3 is 2.71 bits per heavy atom. The smallest absolute Gasteiger partial charge is 0.227 e. The van der Waals surface area contributed by atoms with Crippen LogP contribution in [0.2, 0.25) is 0 Å². The number of likely N-dealkylation sites (tertiary alicyclic amines) is 1. The molecule has 6 nitrogen and oxygen atoms in total. The molecule has 2 aromatic rings. The van der Waals surface area contributed by atoms with Gasteiger partial charge in [0, 0.05) is 42.5 Å². The molecule has 1 fully saturated rings. The third-order valence-electron chi connectivity index (χ3n) is 4.41. The minimum Gasteiger partial charge on any atom is -0.342 e. The van der Waals surface area contributed by atoms with Crippen LogP contribution in [0.5, 0.6) is 0 Å². The van der Waals surface area contributed by atoms with E-state index in [0.29, 0.717) is 6.54 Å². The van der Waals surface area contributed by atoms with Crippen molar-refractivity contribution in [3.63, 3.8) is 0 Å². The lowest BCUT2D eigenvalue weighted by molar-refractivity contribution is -0.140. The summed E-state index contributed by atoms with van der Waals surface area (Å²) in [5, 5.41) is 7.29. The minimum atomic E-state index is -0.355. The van der Waals surface area contributed by atoms with Crippen molar-refractivity contribution in [2.75, 3.05) is 13.1 Å². The highest BCUT2D eigenvalue weighted by Crippen LogP contribution is 2.32. The van der Waals surface area contributed by atoms with Gasteiger partial charge in [-0.15, -0.1) is 0 Å². The van der Waals surface area contributed by atoms with Gasteiger partial charge in [-0.2, -0.15) is 5.10 Å². The molecule has 2 aromatic heterocycles. The van der Waals surface area contributed by atoms with E-state index in [1.165, 1.54) is 0 Å². The summed E-state index contributed by atoms with van der Waals surface area (Å²) < 4.78 is 0. The van der Waals surface area contributed by atoms with E-state index in [0.717, 1.165) is 42.2 Å². The number of nitrogens with zero attached hydrogens (tertiary/aromatic N) is 4. The average molecular weight is 327 g/mol. The van der Waals surface area contributed by atoms with Crippen molar-refractivity contribution in [3.05, 3.63) is 29.8 Å². The van der Waals surface area contributed by atoms with Crippen molar-refractivity contribution in [2.24, 2.45) is 5.41 Å². The molecule has 6 heteroatoms. The van der Waals surface area contributed by atoms with E-state index in [2.05, 4.69) is 20.2 Å². The van der Waals surface area contributed by atoms with Gasteiger partial charge in [-0.05, 0) is 25.8 Å². The summed E-state index contributed by atoms with van der Waals surface area (Å²) in [5.41, 5.74) is 3.21. The molecule has 1 atom stereocenters. The summed E-state index contributed by atoms with van der Waals surface area (Å²) in [5.74, 6) is 0.402. The van der Waals surface area contributed by atoms with Crippen molar-refractivity contribution >= 4 is 5.91 Å². The Morgan fingerprint density at radius 1 is 1.29 bits per heavy atom. The van der Waals surface area contributed by atoms with Crippen LogP contribution in [0, 0.1) is 12.3 Å². The summed E-state index contributed by atoms with van der Waals surface area (Å²) in [7, 11) is 0. The first-order chi connectivity index (χ1) is 11.4. The van der Waals surface area contributed by atoms with Crippen LogP contribution in [-0.4, -0.2) is 44.1 Å². The Labute approximate surface area is 142 Å². The van der Waals surface area contributed by atoms with Gasteiger partial charge >= 0.3 is 0 Å². The van der Waals surface area contributed by atoms with E-state index in [1.54, 1.807) is 12.4 Å². The number of carbonyl (C=O) groups is 1. The highest BCUT2D eigenvalue weighted by Gasteiger charge is 2.33. The molecule has 1 aliphatic rings. The molecule has 3 rings (SSSR count). The second kappa shape index (κ2) is 6.34. The highest BCUT2D eigenvalue weighted by atomic mass is 16.2. The maximum Gasteiger partial charge on any atom is 0.227 e. The predicted octanol–water partition coefficient (Wildman–Crippen LogP) is 2.93. The zero-order valence-electron chi connectivity index (χ0n) is 14.8. The lowest BCUT2D eigenvalue weighted by atomic mass is 9.89. The van der Waals surface area contributed by atoms with Crippen molar-refractivity contribution in [3.8, 4) is 11.4 Å². The number of aryl methyl sites for hydroxylation is 1. The van der Waals surface area contributed by atoms with Crippen molar-refractivity contribution in [1.29, 1.82) is 0 Å². The zero-order valence-corrected chi connectivity index (χ0v) is 14.8. The molecule has 0 radical (unpaired) electrons. The van der Waals surface area contributed by atoms with Gasteiger partial charge in [-0.25, -0.2) is 0 Å². The third-order valence-corrected chi connectivity index (χ3v) is 4.41. The van der Waals surface area contributed by atoms with E-state index >= 15 is 0 Å². The Hall–Kier alpha value is -2.24. The summed E-state index contributed by atoms with van der Waals surface area (Å²) in [6.45, 7) is 9.41. The number of aromatic nitrogens is 4. The monoisotopic (exact) mass is 327 g/mol. The molecule has 0 aromatic carbocycles. The maximum atomic E-state index is 12.6. The summed E-state index contributed by atoms with van der Waals surface area (Å²) in [4.78, 5) is 23.7. The molecule has 0 aliphatic carbocycles. The van der Waals surface area contributed by atoms with Crippen LogP contribution in [0.15, 0.2) is 18.5 Å². The van der Waals surface area contributed by atoms with Gasteiger partial charge in [-0.3, -0.25) is 19.9 Å². The quantitative estimate of drug-likeness (QED) is 0.920. The summed E-state index contributed by atoms with van der Waals surface area (Å²) in [6, 6.07) is 1.98. The van der Waals surface area contributed by atoms with E-state index < -0.39 is 0 Å². The molecule has 24 heavy (non-hydrogen) atoms. The number of carbonyl (C=O) groups excluding carboxylic acids is 1. The second-order valence-electron chi connectivity index (χ2n) is 7.57. The number of H-pyrrole nitrogens is 1. The number of piperidine rings is 1. The number of hydrogen-bond acceptors (Lipinski definition) is 4. The molecular weight excluding hydrogens is 302 g/mol. The molecule has 0 bridgehead atoms. The van der Waals surface area contributed by atoms with Gasteiger partial charge in [0.05, 0.1) is 5.69 Å². The fourth-order valence-corrected chi connectivity index (χ4v) is 3.24. The first kappa shape index (κ1) is 16.6. The minimum absolute atomic E-state index is 0.200. The number of nitrogens with one attached hydrogen (secondary N) is 1. The molecule has 1 N–H and O–H groups in total. The molecule has 1 aliphatic heterocycles. The van der Waals surface area contributed by atoms with E-state index in [9.17, 15) is 4.79 Å². The molecule has 0 spiro atoms. The molecule has 1 saturated heterocycles. The normalized spacial score (nSPS) is 18.7. The Bertz CT molecular complexity index is 731. The van der Waals surface area contributed by atoms with Crippen molar-refractivity contribution in [2.45, 2.75) is 46.5 Å². The number of rotatable bonds is 2. The Kier molecular flexibility index (Phi) is 4.39. The fraction of sp³-hybridized carbons (Fsp3) is 0.556. The summed E-state index contributed by atoms with van der Waals surface area (Å²) in [6.07, 6.45) is 5.43. The number of aromatic amines is 1. The molecule has 128 valence electrons. The van der Waals surface area contributed by atoms with Gasteiger partial charge in [0.1, 0.15) is 11.4 Å².